The fourth-order valence-electron chi connectivity index (χ4n) is 5.93. The van der Waals surface area contributed by atoms with Crippen LogP contribution < -0.4 is 9.47 Å². The lowest BCUT2D eigenvalue weighted by Gasteiger charge is -2.36. The maximum Gasteiger partial charge on any atom is 0.128 e. The smallest absolute Gasteiger partial charge is 0.128 e. The highest BCUT2D eigenvalue weighted by Crippen LogP contribution is 2.49. The zero-order valence-corrected chi connectivity index (χ0v) is 22.3. The lowest BCUT2D eigenvalue weighted by molar-refractivity contribution is 0.200. The van der Waals surface area contributed by atoms with Gasteiger partial charge in [0.05, 0.1) is 13.2 Å². The van der Waals surface area contributed by atoms with Crippen LogP contribution in [-0.4, -0.2) is 36.6 Å². The molecular formula is C36H32O4. The van der Waals surface area contributed by atoms with Crippen molar-refractivity contribution in [1.29, 1.82) is 0 Å². The maximum atomic E-state index is 9.60. The number of aliphatic hydroxyl groups excluding tert-OH is 2. The average molecular weight is 529 g/mol. The molecule has 6 rings (SSSR count). The second-order valence-electron chi connectivity index (χ2n) is 10.0. The summed E-state index contributed by atoms with van der Waals surface area (Å²) in [6.45, 7) is 0.212. The van der Waals surface area contributed by atoms with Gasteiger partial charge in [0.25, 0.3) is 0 Å². The van der Waals surface area contributed by atoms with Gasteiger partial charge in [-0.05, 0) is 51.6 Å². The number of benzene rings is 5. The van der Waals surface area contributed by atoms with Gasteiger partial charge < -0.3 is 19.7 Å². The molecule has 1 aliphatic rings. The summed E-state index contributed by atoms with van der Waals surface area (Å²) in [6, 6.07) is 37.7. The molecule has 0 amide bonds. The van der Waals surface area contributed by atoms with Gasteiger partial charge in [-0.15, -0.1) is 0 Å². The molecule has 0 aromatic heterocycles. The Morgan fingerprint density at radius 1 is 0.600 bits per heavy atom. The average Bonchev–Trinajstić information content (AvgIpc) is 3.03. The van der Waals surface area contributed by atoms with Gasteiger partial charge in [0.15, 0.2) is 0 Å². The van der Waals surface area contributed by atoms with Crippen molar-refractivity contribution >= 4 is 16.8 Å². The van der Waals surface area contributed by atoms with Crippen LogP contribution in [0.2, 0.25) is 0 Å². The molecule has 4 heteroatoms. The van der Waals surface area contributed by atoms with E-state index in [0.29, 0.717) is 11.5 Å². The molecule has 0 radical (unpaired) electrons. The van der Waals surface area contributed by atoms with Crippen LogP contribution in [0.4, 0.5) is 0 Å². The summed E-state index contributed by atoms with van der Waals surface area (Å²) in [5.41, 5.74) is 6.28. The molecule has 0 saturated heterocycles. The van der Waals surface area contributed by atoms with Gasteiger partial charge in [-0.25, -0.2) is 0 Å². The van der Waals surface area contributed by atoms with E-state index in [9.17, 15) is 10.2 Å². The normalized spacial score (nSPS) is 13.7. The standard InChI is InChI=1S/C36H32O4/c37-21-23-39-32-17-15-26-9-7-8-14-30(26)34(32)35-31-19-20-36(28-10-3-1-4-11-28,29-12-5-2-6-13-29)25-27(31)16-18-33(35)40-24-22-38/h1-20,37-38H,21-25H2. The fraction of sp³-hybridized carbons (Fsp3) is 0.167. The lowest BCUT2D eigenvalue weighted by atomic mass is 9.66. The first-order chi connectivity index (χ1) is 19.7. The van der Waals surface area contributed by atoms with Gasteiger partial charge in [-0.1, -0.05) is 109 Å². The highest BCUT2D eigenvalue weighted by atomic mass is 16.5. The van der Waals surface area contributed by atoms with E-state index in [1.807, 2.05) is 30.3 Å². The Kier molecular flexibility index (Phi) is 7.37. The molecule has 5 aromatic rings. The van der Waals surface area contributed by atoms with Crippen molar-refractivity contribution in [3.05, 3.63) is 138 Å². The third kappa shape index (κ3) is 4.66. The van der Waals surface area contributed by atoms with E-state index in [1.165, 1.54) is 16.7 Å². The number of fused-ring (bicyclic) bond motifs is 2. The number of ether oxygens (including phenoxy) is 2. The van der Waals surface area contributed by atoms with Crippen LogP contribution in [0.3, 0.4) is 0 Å². The van der Waals surface area contributed by atoms with Crippen LogP contribution >= 0.6 is 0 Å². The Hall–Kier alpha value is -4.38. The van der Waals surface area contributed by atoms with Crippen LogP contribution in [0.1, 0.15) is 22.3 Å². The largest absolute Gasteiger partial charge is 0.491 e. The number of rotatable bonds is 9. The minimum absolute atomic E-state index is 0.0798. The zero-order valence-electron chi connectivity index (χ0n) is 22.3. The summed E-state index contributed by atoms with van der Waals surface area (Å²) >= 11 is 0. The van der Waals surface area contributed by atoms with Crippen molar-refractivity contribution in [2.24, 2.45) is 0 Å². The number of aliphatic hydroxyl groups is 2. The summed E-state index contributed by atoms with van der Waals surface area (Å²) in [5.74, 6) is 1.38. The van der Waals surface area contributed by atoms with Crippen LogP contribution in [0.15, 0.2) is 115 Å². The molecule has 0 saturated carbocycles. The Labute approximate surface area is 234 Å². The fourth-order valence-corrected chi connectivity index (χ4v) is 5.93. The highest BCUT2D eigenvalue weighted by Gasteiger charge is 2.36. The summed E-state index contributed by atoms with van der Waals surface area (Å²) < 4.78 is 12.2. The molecule has 0 unspecified atom stereocenters. The molecule has 40 heavy (non-hydrogen) atoms. The predicted molar refractivity (Wildman–Crippen MR) is 161 cm³/mol. The van der Waals surface area contributed by atoms with E-state index in [4.69, 9.17) is 9.47 Å². The van der Waals surface area contributed by atoms with E-state index < -0.39 is 0 Å². The van der Waals surface area contributed by atoms with Gasteiger partial charge in [0, 0.05) is 16.5 Å². The zero-order chi connectivity index (χ0) is 27.4. The second kappa shape index (κ2) is 11.4. The Bertz CT molecular complexity index is 1600. The van der Waals surface area contributed by atoms with Crippen molar-refractivity contribution in [2.75, 3.05) is 26.4 Å². The summed E-state index contributed by atoms with van der Waals surface area (Å²) in [6.07, 6.45) is 5.31. The van der Waals surface area contributed by atoms with Gasteiger partial charge in [0.2, 0.25) is 0 Å². The van der Waals surface area contributed by atoms with Gasteiger partial charge in [-0.2, -0.15) is 0 Å². The third-order valence-corrected chi connectivity index (χ3v) is 7.72. The third-order valence-electron chi connectivity index (χ3n) is 7.72. The maximum absolute atomic E-state index is 9.60. The quantitative estimate of drug-likeness (QED) is 0.221. The monoisotopic (exact) mass is 528 g/mol. The van der Waals surface area contributed by atoms with Crippen molar-refractivity contribution < 1.29 is 19.7 Å². The molecule has 0 heterocycles. The summed E-state index contributed by atoms with van der Waals surface area (Å²) in [7, 11) is 0. The molecule has 0 spiro atoms. The van der Waals surface area contributed by atoms with E-state index in [2.05, 4.69) is 91.0 Å². The minimum atomic E-state index is -0.324. The molecule has 0 aliphatic heterocycles. The van der Waals surface area contributed by atoms with Crippen LogP contribution in [-0.2, 0) is 11.8 Å². The molecule has 2 N–H and O–H groups in total. The highest BCUT2D eigenvalue weighted by molar-refractivity contribution is 6.03. The van der Waals surface area contributed by atoms with E-state index in [0.717, 1.165) is 33.9 Å². The molecule has 0 fully saturated rings. The number of hydrogen-bond donors (Lipinski definition) is 2. The number of allylic oxidation sites excluding steroid dienone is 1. The summed E-state index contributed by atoms with van der Waals surface area (Å²) in [5, 5.41) is 21.3. The van der Waals surface area contributed by atoms with Crippen LogP contribution in [0.25, 0.3) is 28.0 Å². The predicted octanol–water partition coefficient (Wildman–Crippen LogP) is 6.80. The molecule has 0 bridgehead atoms. The van der Waals surface area contributed by atoms with Gasteiger partial charge in [-0.3, -0.25) is 0 Å². The van der Waals surface area contributed by atoms with Crippen LogP contribution in [0, 0.1) is 0 Å². The first-order valence-electron chi connectivity index (χ1n) is 13.7. The topological polar surface area (TPSA) is 58.9 Å². The second-order valence-corrected chi connectivity index (χ2v) is 10.0. The van der Waals surface area contributed by atoms with Crippen molar-refractivity contribution in [2.45, 2.75) is 11.8 Å². The minimum Gasteiger partial charge on any atom is -0.491 e. The van der Waals surface area contributed by atoms with E-state index in [1.54, 1.807) is 0 Å². The van der Waals surface area contributed by atoms with Crippen molar-refractivity contribution in [1.82, 2.24) is 0 Å². The first-order valence-corrected chi connectivity index (χ1v) is 13.7. The molecule has 200 valence electrons. The Morgan fingerprint density at radius 3 is 1.82 bits per heavy atom. The Morgan fingerprint density at radius 2 is 1.18 bits per heavy atom. The first kappa shape index (κ1) is 25.9. The van der Waals surface area contributed by atoms with Crippen molar-refractivity contribution in [3.8, 4) is 22.6 Å². The molecule has 5 aromatic carbocycles. The van der Waals surface area contributed by atoms with Crippen LogP contribution in [0.5, 0.6) is 11.5 Å². The molecule has 4 nitrogen and oxygen atoms in total. The van der Waals surface area contributed by atoms with Gasteiger partial charge >= 0.3 is 0 Å². The molecule has 0 atom stereocenters. The molecular weight excluding hydrogens is 496 g/mol. The van der Waals surface area contributed by atoms with Crippen molar-refractivity contribution in [3.63, 3.8) is 0 Å². The number of hydrogen-bond acceptors (Lipinski definition) is 4. The summed E-state index contributed by atoms with van der Waals surface area (Å²) in [4.78, 5) is 0. The molecule has 1 aliphatic carbocycles. The Balaban J connectivity index is 1.61. The van der Waals surface area contributed by atoms with E-state index >= 15 is 0 Å². The lowest BCUT2D eigenvalue weighted by Crippen LogP contribution is -2.30. The van der Waals surface area contributed by atoms with E-state index in [-0.39, 0.29) is 31.8 Å². The van der Waals surface area contributed by atoms with Gasteiger partial charge in [0.1, 0.15) is 24.7 Å². The SMILES string of the molecule is OCCOc1ccc2c(c1-c1c(OCCO)ccc3ccccc13)C=CC(c1ccccc1)(c1ccccc1)C2.